The summed E-state index contributed by atoms with van der Waals surface area (Å²) in [6.07, 6.45) is 2.38. The Bertz CT molecular complexity index is 1170. The second-order valence-corrected chi connectivity index (χ2v) is 8.44. The minimum Gasteiger partial charge on any atom is -0.380 e. The second kappa shape index (κ2) is 8.65. The lowest BCUT2D eigenvalue weighted by molar-refractivity contribution is -0.616. The van der Waals surface area contributed by atoms with E-state index < -0.39 is 0 Å². The molecule has 0 aliphatic heterocycles. The molecule has 0 spiro atoms. The van der Waals surface area contributed by atoms with E-state index in [9.17, 15) is 0 Å². The summed E-state index contributed by atoms with van der Waals surface area (Å²) in [6, 6.07) is 17.9. The highest BCUT2D eigenvalue weighted by Crippen LogP contribution is 2.35. The lowest BCUT2D eigenvalue weighted by Gasteiger charge is -2.21. The lowest BCUT2D eigenvalue weighted by Crippen LogP contribution is -2.31. The van der Waals surface area contributed by atoms with Crippen molar-refractivity contribution in [3.05, 3.63) is 48.5 Å². The fraction of sp³-hybridized carbons (Fsp3) is 0.423. The average Bonchev–Trinajstić information content (AvgIpc) is 3.07. The first kappa shape index (κ1) is 20.7. The van der Waals surface area contributed by atoms with Crippen molar-refractivity contribution in [2.24, 2.45) is 14.1 Å². The van der Waals surface area contributed by atoms with E-state index in [0.717, 1.165) is 19.5 Å². The summed E-state index contributed by atoms with van der Waals surface area (Å²) in [7, 11) is 4.38. The van der Waals surface area contributed by atoms with Gasteiger partial charge in [-0.1, -0.05) is 38.1 Å². The van der Waals surface area contributed by atoms with Gasteiger partial charge in [0, 0.05) is 19.2 Å². The molecule has 4 rings (SSSR count). The molecule has 1 unspecified atom stereocenters. The Morgan fingerprint density at radius 2 is 1.67 bits per heavy atom. The van der Waals surface area contributed by atoms with Crippen LogP contribution < -0.4 is 9.88 Å². The third kappa shape index (κ3) is 3.54. The minimum absolute atomic E-state index is 0.415. The number of aromatic nitrogens is 2. The molecule has 0 saturated heterocycles. The number of fused-ring (bicyclic) bond motifs is 4. The number of pyridine rings is 1. The number of rotatable bonds is 8. The highest BCUT2D eigenvalue weighted by molar-refractivity contribution is 6.13. The predicted octanol–water partition coefficient (Wildman–Crippen LogP) is 5.23. The van der Waals surface area contributed by atoms with Crippen LogP contribution in [0.15, 0.2) is 48.5 Å². The van der Waals surface area contributed by atoms with Gasteiger partial charge >= 0.3 is 0 Å². The largest absolute Gasteiger partial charge is 0.380 e. The molecule has 4 aromatic rings. The Hall–Kier alpha value is -2.59. The standard InChI is InChI=1S/C26H34N4/c1-6-30(7-2)18-12-13-19(3)27-24-20-14-8-10-16-22(20)28(4)25-21-15-9-11-17-23(21)29(5)26(24)25/h8-11,14-17,19H,6-7,12-13,18H2,1-5H3/p+1. The van der Waals surface area contributed by atoms with Gasteiger partial charge in [-0.05, 0) is 57.6 Å². The number of nitrogens with zero attached hydrogens (tertiary/aromatic N) is 3. The van der Waals surface area contributed by atoms with E-state index in [1.165, 1.54) is 51.5 Å². The predicted molar refractivity (Wildman–Crippen MR) is 129 cm³/mol. The van der Waals surface area contributed by atoms with Crippen molar-refractivity contribution in [1.82, 2.24) is 9.47 Å². The Morgan fingerprint density at radius 3 is 2.40 bits per heavy atom. The molecule has 0 amide bonds. The van der Waals surface area contributed by atoms with Crippen molar-refractivity contribution in [1.29, 1.82) is 0 Å². The third-order valence-electron chi connectivity index (χ3n) is 6.58. The minimum atomic E-state index is 0.415. The monoisotopic (exact) mass is 403 g/mol. The summed E-state index contributed by atoms with van der Waals surface area (Å²) < 4.78 is 4.70. The van der Waals surface area contributed by atoms with Gasteiger partial charge in [0.25, 0.3) is 0 Å². The van der Waals surface area contributed by atoms with Gasteiger partial charge in [-0.15, -0.1) is 0 Å². The number of aryl methyl sites for hydroxylation is 2. The van der Waals surface area contributed by atoms with E-state index in [2.05, 4.69) is 103 Å². The van der Waals surface area contributed by atoms with E-state index in [4.69, 9.17) is 0 Å². The molecule has 0 bridgehead atoms. The smallest absolute Gasteiger partial charge is 0.241 e. The van der Waals surface area contributed by atoms with Crippen LogP contribution in [0, 0.1) is 0 Å². The second-order valence-electron chi connectivity index (χ2n) is 8.44. The van der Waals surface area contributed by atoms with Crippen LogP contribution in [0.5, 0.6) is 0 Å². The van der Waals surface area contributed by atoms with Crippen LogP contribution in [0.3, 0.4) is 0 Å². The van der Waals surface area contributed by atoms with Crippen molar-refractivity contribution in [3.63, 3.8) is 0 Å². The SMILES string of the molecule is CCN(CC)CCCC(C)Nc1c2ccccc2[n+](C)c2c3ccccc3n(C)c12. The summed E-state index contributed by atoms with van der Waals surface area (Å²) in [6.45, 7) is 10.3. The van der Waals surface area contributed by atoms with Crippen molar-refractivity contribution >= 4 is 38.5 Å². The summed E-state index contributed by atoms with van der Waals surface area (Å²) in [4.78, 5) is 2.51. The van der Waals surface area contributed by atoms with E-state index in [1.54, 1.807) is 0 Å². The number of hydrogen-bond acceptors (Lipinski definition) is 2. The fourth-order valence-electron chi connectivity index (χ4n) is 4.85. The number of nitrogens with one attached hydrogen (secondary N) is 1. The molecule has 2 aromatic heterocycles. The van der Waals surface area contributed by atoms with E-state index in [1.807, 2.05) is 0 Å². The maximum atomic E-state index is 3.91. The van der Waals surface area contributed by atoms with Crippen LogP contribution in [-0.4, -0.2) is 35.1 Å². The summed E-state index contributed by atoms with van der Waals surface area (Å²) in [5, 5.41) is 6.51. The van der Waals surface area contributed by atoms with Crippen molar-refractivity contribution < 1.29 is 4.57 Å². The Morgan fingerprint density at radius 1 is 1.00 bits per heavy atom. The van der Waals surface area contributed by atoms with Gasteiger partial charge in [0.1, 0.15) is 12.6 Å². The molecular weight excluding hydrogens is 368 g/mol. The summed E-state index contributed by atoms with van der Waals surface area (Å²) in [5.74, 6) is 0. The van der Waals surface area contributed by atoms with Gasteiger partial charge in [-0.2, -0.15) is 4.57 Å². The third-order valence-corrected chi connectivity index (χ3v) is 6.58. The van der Waals surface area contributed by atoms with Gasteiger partial charge in [-0.3, -0.25) is 0 Å². The maximum absolute atomic E-state index is 3.91. The van der Waals surface area contributed by atoms with Gasteiger partial charge < -0.3 is 14.8 Å². The van der Waals surface area contributed by atoms with Crippen LogP contribution in [0.2, 0.25) is 0 Å². The zero-order valence-corrected chi connectivity index (χ0v) is 19.1. The Labute approximate surface area is 180 Å². The Balaban J connectivity index is 1.79. The van der Waals surface area contributed by atoms with Gasteiger partial charge in [0.15, 0.2) is 0 Å². The number of benzene rings is 2. The lowest BCUT2D eigenvalue weighted by atomic mass is 10.1. The van der Waals surface area contributed by atoms with Crippen LogP contribution >= 0.6 is 0 Å². The molecule has 4 nitrogen and oxygen atoms in total. The van der Waals surface area contributed by atoms with Crippen LogP contribution in [0.4, 0.5) is 5.69 Å². The maximum Gasteiger partial charge on any atom is 0.241 e. The van der Waals surface area contributed by atoms with Crippen molar-refractivity contribution in [2.45, 2.75) is 39.7 Å². The van der Waals surface area contributed by atoms with Gasteiger partial charge in [0.2, 0.25) is 11.0 Å². The van der Waals surface area contributed by atoms with Crippen LogP contribution in [0.25, 0.3) is 32.8 Å². The zero-order chi connectivity index (χ0) is 21.3. The molecule has 0 aliphatic carbocycles. The topological polar surface area (TPSA) is 24.1 Å². The first-order valence-corrected chi connectivity index (χ1v) is 11.3. The van der Waals surface area contributed by atoms with Crippen molar-refractivity contribution in [2.75, 3.05) is 25.0 Å². The molecule has 2 heterocycles. The fourth-order valence-corrected chi connectivity index (χ4v) is 4.85. The first-order valence-electron chi connectivity index (χ1n) is 11.3. The Kier molecular flexibility index (Phi) is 5.96. The van der Waals surface area contributed by atoms with E-state index in [-0.39, 0.29) is 0 Å². The molecule has 158 valence electrons. The number of anilines is 1. The molecule has 0 aliphatic rings. The zero-order valence-electron chi connectivity index (χ0n) is 19.1. The summed E-state index contributed by atoms with van der Waals surface area (Å²) in [5.41, 5.74) is 6.38. The summed E-state index contributed by atoms with van der Waals surface area (Å²) >= 11 is 0. The van der Waals surface area contributed by atoms with Gasteiger partial charge in [0.05, 0.1) is 22.0 Å². The molecule has 1 N–H and O–H groups in total. The molecule has 1 atom stereocenters. The number of para-hydroxylation sites is 2. The molecule has 0 fully saturated rings. The molecular formula is C26H35N4+. The van der Waals surface area contributed by atoms with Crippen molar-refractivity contribution in [3.8, 4) is 0 Å². The number of hydrogen-bond donors (Lipinski definition) is 1. The molecule has 2 aromatic carbocycles. The van der Waals surface area contributed by atoms with Crippen LogP contribution in [0.1, 0.15) is 33.6 Å². The highest BCUT2D eigenvalue weighted by atomic mass is 15.1. The quantitative estimate of drug-likeness (QED) is 0.407. The normalized spacial score (nSPS) is 13.0. The van der Waals surface area contributed by atoms with E-state index in [0.29, 0.717) is 6.04 Å². The van der Waals surface area contributed by atoms with Gasteiger partial charge in [-0.25, -0.2) is 0 Å². The molecule has 0 saturated carbocycles. The molecule has 0 radical (unpaired) electrons. The highest BCUT2D eigenvalue weighted by Gasteiger charge is 2.24. The first-order chi connectivity index (χ1) is 14.6. The molecule has 4 heteroatoms. The molecule has 30 heavy (non-hydrogen) atoms. The average molecular weight is 404 g/mol. The van der Waals surface area contributed by atoms with E-state index >= 15 is 0 Å². The van der Waals surface area contributed by atoms with Crippen LogP contribution in [-0.2, 0) is 14.1 Å².